The van der Waals surface area contributed by atoms with E-state index in [0.29, 0.717) is 12.4 Å². The lowest BCUT2D eigenvalue weighted by molar-refractivity contribution is 0.174. The summed E-state index contributed by atoms with van der Waals surface area (Å²) in [6, 6.07) is 0.0235. The molecule has 0 fully saturated rings. The van der Waals surface area contributed by atoms with Crippen LogP contribution in [0.4, 0.5) is 0 Å². The Labute approximate surface area is 100 Å². The highest BCUT2D eigenvalue weighted by Crippen LogP contribution is 1.94. The summed E-state index contributed by atoms with van der Waals surface area (Å²) in [7, 11) is -2.56. The summed E-state index contributed by atoms with van der Waals surface area (Å²) in [5.41, 5.74) is 0. The number of ether oxygens (including phenoxy) is 1. The van der Waals surface area contributed by atoms with Gasteiger partial charge in [-0.3, -0.25) is 4.21 Å². The normalized spacial score (nSPS) is 15.9. The largest absolute Gasteiger partial charge is 0.383 e. The van der Waals surface area contributed by atoms with Crippen molar-refractivity contribution in [2.45, 2.75) is 13.0 Å². The highest BCUT2D eigenvalue weighted by atomic mass is 32.2. The van der Waals surface area contributed by atoms with Crippen molar-refractivity contribution >= 4 is 20.6 Å². The first-order valence-electron chi connectivity index (χ1n) is 5.14. The Kier molecular flexibility index (Phi) is 8.17. The zero-order valence-corrected chi connectivity index (χ0v) is 11.7. The molecule has 0 spiro atoms. The molecule has 0 aliphatic carbocycles. The monoisotopic (exact) mass is 271 g/mol. The quantitative estimate of drug-likeness (QED) is 0.606. The third-order valence-electron chi connectivity index (χ3n) is 1.93. The van der Waals surface area contributed by atoms with Gasteiger partial charge in [-0.25, -0.2) is 8.42 Å². The lowest BCUT2D eigenvalue weighted by Gasteiger charge is -2.16. The SMILES string of the molecule is CCNC(COC)CS(=O)CCS(C)(=O)=O. The van der Waals surface area contributed by atoms with Gasteiger partial charge in [-0.05, 0) is 6.54 Å². The van der Waals surface area contributed by atoms with Gasteiger partial charge >= 0.3 is 0 Å². The molecule has 2 unspecified atom stereocenters. The van der Waals surface area contributed by atoms with E-state index in [0.717, 1.165) is 12.8 Å². The first kappa shape index (κ1) is 16.0. The van der Waals surface area contributed by atoms with E-state index in [1.54, 1.807) is 7.11 Å². The molecule has 0 aliphatic rings. The maximum atomic E-state index is 11.6. The van der Waals surface area contributed by atoms with Crippen molar-refractivity contribution in [2.24, 2.45) is 0 Å². The van der Waals surface area contributed by atoms with E-state index in [2.05, 4.69) is 5.32 Å². The minimum absolute atomic E-state index is 0.0224. The lowest BCUT2D eigenvalue weighted by Crippen LogP contribution is -2.38. The molecule has 0 aliphatic heterocycles. The summed E-state index contributed by atoms with van der Waals surface area (Å²) in [6.07, 6.45) is 1.15. The zero-order chi connectivity index (χ0) is 12.6. The van der Waals surface area contributed by atoms with Crippen LogP contribution in [0.1, 0.15) is 6.92 Å². The highest BCUT2D eigenvalue weighted by Gasteiger charge is 2.13. The van der Waals surface area contributed by atoms with Crippen LogP contribution in [0.25, 0.3) is 0 Å². The fourth-order valence-corrected chi connectivity index (χ4v) is 3.99. The molecule has 5 nitrogen and oxygen atoms in total. The molecule has 0 radical (unpaired) electrons. The number of hydrogen-bond donors (Lipinski definition) is 1. The van der Waals surface area contributed by atoms with Crippen LogP contribution in [0.5, 0.6) is 0 Å². The number of sulfone groups is 1. The minimum Gasteiger partial charge on any atom is -0.383 e. The van der Waals surface area contributed by atoms with Crippen molar-refractivity contribution in [1.29, 1.82) is 0 Å². The second-order valence-corrected chi connectivity index (χ2v) is 7.53. The summed E-state index contributed by atoms with van der Waals surface area (Å²) >= 11 is 0. The molecule has 7 heteroatoms. The van der Waals surface area contributed by atoms with Gasteiger partial charge in [0.15, 0.2) is 0 Å². The first-order chi connectivity index (χ1) is 7.39. The Morgan fingerprint density at radius 2 is 2.06 bits per heavy atom. The van der Waals surface area contributed by atoms with Gasteiger partial charge in [-0.15, -0.1) is 0 Å². The Morgan fingerprint density at radius 3 is 2.50 bits per heavy atom. The molecular weight excluding hydrogens is 250 g/mol. The van der Waals surface area contributed by atoms with Crippen molar-refractivity contribution in [2.75, 3.05) is 43.8 Å². The molecule has 0 heterocycles. The van der Waals surface area contributed by atoms with Gasteiger partial charge < -0.3 is 10.1 Å². The topological polar surface area (TPSA) is 72.5 Å². The summed E-state index contributed by atoms with van der Waals surface area (Å²) in [6.45, 7) is 3.22. The summed E-state index contributed by atoms with van der Waals surface area (Å²) < 4.78 is 38.4. The van der Waals surface area contributed by atoms with Gasteiger partial charge in [0.2, 0.25) is 0 Å². The molecule has 0 rings (SSSR count). The molecule has 0 bridgehead atoms. The predicted octanol–water partition coefficient (Wildman–Crippen LogP) is -0.596. The molecule has 0 aromatic rings. The van der Waals surface area contributed by atoms with Crippen molar-refractivity contribution in [3.63, 3.8) is 0 Å². The van der Waals surface area contributed by atoms with Crippen LogP contribution in [0.2, 0.25) is 0 Å². The van der Waals surface area contributed by atoms with Gasteiger partial charge in [-0.1, -0.05) is 6.92 Å². The van der Waals surface area contributed by atoms with Gasteiger partial charge in [0.25, 0.3) is 0 Å². The average molecular weight is 271 g/mol. The van der Waals surface area contributed by atoms with Crippen molar-refractivity contribution < 1.29 is 17.4 Å². The van der Waals surface area contributed by atoms with Crippen LogP contribution in [0.15, 0.2) is 0 Å². The maximum Gasteiger partial charge on any atom is 0.148 e. The third kappa shape index (κ3) is 9.26. The molecule has 1 N–H and O–H groups in total. The molecule has 0 amide bonds. The van der Waals surface area contributed by atoms with Crippen molar-refractivity contribution in [3.8, 4) is 0 Å². The van der Waals surface area contributed by atoms with E-state index in [9.17, 15) is 12.6 Å². The van der Waals surface area contributed by atoms with Crippen LogP contribution in [-0.4, -0.2) is 62.4 Å². The second kappa shape index (κ2) is 8.16. The lowest BCUT2D eigenvalue weighted by atomic mass is 10.3. The Balaban J connectivity index is 3.99. The summed E-state index contributed by atoms with van der Waals surface area (Å²) in [4.78, 5) is 0. The van der Waals surface area contributed by atoms with Crippen LogP contribution in [0.3, 0.4) is 0 Å². The van der Waals surface area contributed by atoms with E-state index in [4.69, 9.17) is 4.74 Å². The molecule has 0 aromatic heterocycles. The molecule has 2 atom stereocenters. The molecular formula is C9H21NO4S2. The van der Waals surface area contributed by atoms with Crippen molar-refractivity contribution in [1.82, 2.24) is 5.32 Å². The van der Waals surface area contributed by atoms with Crippen LogP contribution >= 0.6 is 0 Å². The Bertz CT molecular complexity index is 297. The molecule has 0 aromatic carbocycles. The smallest absolute Gasteiger partial charge is 0.148 e. The number of nitrogens with one attached hydrogen (secondary N) is 1. The Morgan fingerprint density at radius 1 is 1.44 bits per heavy atom. The van der Waals surface area contributed by atoms with Crippen LogP contribution in [0, 0.1) is 0 Å². The fraction of sp³-hybridized carbons (Fsp3) is 1.00. The van der Waals surface area contributed by atoms with E-state index in [-0.39, 0.29) is 17.5 Å². The molecule has 98 valence electrons. The Hall–Kier alpha value is 0.0200. The zero-order valence-electron chi connectivity index (χ0n) is 10.1. The number of methoxy groups -OCH3 is 1. The second-order valence-electron chi connectivity index (χ2n) is 3.65. The van der Waals surface area contributed by atoms with E-state index in [1.807, 2.05) is 6.92 Å². The number of likely N-dealkylation sites (N-methyl/N-ethyl adjacent to an activating group) is 1. The molecule has 0 saturated heterocycles. The minimum atomic E-state index is -3.02. The van der Waals surface area contributed by atoms with E-state index in [1.165, 1.54) is 0 Å². The van der Waals surface area contributed by atoms with Gasteiger partial charge in [0, 0.05) is 41.7 Å². The summed E-state index contributed by atoms with van der Waals surface area (Å²) in [5.74, 6) is 0.604. The molecule has 16 heavy (non-hydrogen) atoms. The molecule has 0 saturated carbocycles. The van der Waals surface area contributed by atoms with Crippen LogP contribution < -0.4 is 5.32 Å². The van der Waals surface area contributed by atoms with Gasteiger partial charge in [-0.2, -0.15) is 0 Å². The third-order valence-corrected chi connectivity index (χ3v) is 4.57. The fourth-order valence-electron chi connectivity index (χ4n) is 1.21. The summed E-state index contributed by atoms with van der Waals surface area (Å²) in [5, 5.41) is 3.14. The standard InChI is InChI=1S/C9H21NO4S2/c1-4-10-9(7-14-2)8-15(11)5-6-16(3,12)13/h9-10H,4-8H2,1-3H3. The van der Waals surface area contributed by atoms with E-state index < -0.39 is 20.6 Å². The number of rotatable bonds is 9. The van der Waals surface area contributed by atoms with Crippen molar-refractivity contribution in [3.05, 3.63) is 0 Å². The highest BCUT2D eigenvalue weighted by molar-refractivity contribution is 7.92. The maximum absolute atomic E-state index is 11.6. The van der Waals surface area contributed by atoms with E-state index >= 15 is 0 Å². The average Bonchev–Trinajstić information content (AvgIpc) is 2.14. The van der Waals surface area contributed by atoms with Crippen LogP contribution in [-0.2, 0) is 25.4 Å². The first-order valence-corrected chi connectivity index (χ1v) is 8.69. The predicted molar refractivity (Wildman–Crippen MR) is 66.9 cm³/mol. The number of hydrogen-bond acceptors (Lipinski definition) is 5. The van der Waals surface area contributed by atoms with Gasteiger partial charge in [0.05, 0.1) is 12.4 Å². The van der Waals surface area contributed by atoms with Gasteiger partial charge in [0.1, 0.15) is 9.84 Å².